The van der Waals surface area contributed by atoms with Gasteiger partial charge in [0.25, 0.3) is 5.69 Å². The molecule has 1 aliphatic carbocycles. The van der Waals surface area contributed by atoms with Crippen LogP contribution in [-0.4, -0.2) is 59.2 Å². The molecule has 1 saturated carbocycles. The van der Waals surface area contributed by atoms with E-state index >= 15 is 0 Å². The lowest BCUT2D eigenvalue weighted by atomic mass is 9.92. The summed E-state index contributed by atoms with van der Waals surface area (Å²) < 4.78 is 59.2. The van der Waals surface area contributed by atoms with Gasteiger partial charge < -0.3 is 25.2 Å². The Balaban J connectivity index is 1.10. The number of piperazine rings is 1. The molecule has 1 aromatic heterocycles. The zero-order valence-corrected chi connectivity index (χ0v) is 23.0. The summed E-state index contributed by atoms with van der Waals surface area (Å²) in [5.41, 5.74) is -1.55. The molecular weight excluding hydrogens is 572 g/mol. The molecule has 1 saturated heterocycles. The predicted molar refractivity (Wildman–Crippen MR) is 152 cm³/mol. The number of halogens is 4. The fourth-order valence-electron chi connectivity index (χ4n) is 5.26. The first kappa shape index (κ1) is 29.9. The number of carbonyl (C=O) groups is 1. The smallest absolute Gasteiger partial charge is 0.423 e. The molecule has 2 heterocycles. The van der Waals surface area contributed by atoms with Gasteiger partial charge in [0.15, 0.2) is 0 Å². The Hall–Kier alpha value is -4.62. The minimum absolute atomic E-state index is 0.0989. The number of benzene rings is 2. The molecule has 2 fully saturated rings. The largest absolute Gasteiger partial charge is 0.474 e. The van der Waals surface area contributed by atoms with E-state index in [2.05, 4.69) is 20.5 Å². The van der Waals surface area contributed by atoms with Crippen molar-refractivity contribution in [2.24, 2.45) is 0 Å². The molecule has 0 spiro atoms. The van der Waals surface area contributed by atoms with Gasteiger partial charge in [0.2, 0.25) is 5.88 Å². The lowest BCUT2D eigenvalue weighted by Gasteiger charge is -2.35. The molecule has 2 aromatic carbocycles. The van der Waals surface area contributed by atoms with Gasteiger partial charge in [-0.15, -0.1) is 0 Å². The van der Waals surface area contributed by atoms with E-state index in [0.717, 1.165) is 18.0 Å². The molecule has 2 N–H and O–H groups in total. The summed E-state index contributed by atoms with van der Waals surface area (Å²) in [7, 11) is 0. The average molecular weight is 603 g/mol. The number of nitro benzene ring substituents is 1. The van der Waals surface area contributed by atoms with Crippen LogP contribution in [0.25, 0.3) is 0 Å². The number of nitrogens with zero attached hydrogens (tertiary/aromatic N) is 4. The highest BCUT2D eigenvalue weighted by atomic mass is 19.4. The number of aromatic nitrogens is 1. The first-order valence-electron chi connectivity index (χ1n) is 13.9. The molecule has 5 rings (SSSR count). The Morgan fingerprint density at radius 3 is 2.28 bits per heavy atom. The van der Waals surface area contributed by atoms with Crippen LogP contribution in [-0.2, 0) is 6.18 Å². The van der Waals surface area contributed by atoms with Crippen molar-refractivity contribution in [1.29, 1.82) is 0 Å². The Kier molecular flexibility index (Phi) is 8.83. The van der Waals surface area contributed by atoms with E-state index in [1.165, 1.54) is 30.3 Å². The number of urea groups is 1. The van der Waals surface area contributed by atoms with E-state index in [-0.39, 0.29) is 29.7 Å². The highest BCUT2D eigenvalue weighted by molar-refractivity contribution is 5.89. The fourth-order valence-corrected chi connectivity index (χ4v) is 5.26. The molecule has 43 heavy (non-hydrogen) atoms. The highest BCUT2D eigenvalue weighted by Crippen LogP contribution is 2.38. The van der Waals surface area contributed by atoms with Crippen LogP contribution in [0.3, 0.4) is 0 Å². The van der Waals surface area contributed by atoms with Crippen LogP contribution in [0.5, 0.6) is 5.88 Å². The van der Waals surface area contributed by atoms with Crippen LogP contribution < -0.4 is 20.3 Å². The molecule has 14 heteroatoms. The molecule has 10 nitrogen and oxygen atoms in total. The molecule has 1 aliphatic heterocycles. The number of nitro groups is 1. The third-order valence-corrected chi connectivity index (χ3v) is 7.53. The molecule has 0 radical (unpaired) electrons. The summed E-state index contributed by atoms with van der Waals surface area (Å²) in [6.07, 6.45) is -2.35. The lowest BCUT2D eigenvalue weighted by Crippen LogP contribution is -2.50. The fraction of sp³-hybridized carbons (Fsp3) is 0.379. The second-order valence-corrected chi connectivity index (χ2v) is 10.5. The molecule has 0 unspecified atom stereocenters. The Morgan fingerprint density at radius 2 is 1.63 bits per heavy atom. The lowest BCUT2D eigenvalue weighted by molar-refractivity contribution is -0.388. The van der Waals surface area contributed by atoms with Gasteiger partial charge in [-0.2, -0.15) is 18.2 Å². The molecule has 0 atom stereocenters. The molecule has 2 aliphatic rings. The number of anilines is 3. The van der Waals surface area contributed by atoms with Gasteiger partial charge in [0.1, 0.15) is 23.3 Å². The number of hydrogen-bond donors (Lipinski definition) is 2. The van der Waals surface area contributed by atoms with Gasteiger partial charge in [-0.1, -0.05) is 6.07 Å². The van der Waals surface area contributed by atoms with Gasteiger partial charge in [0.05, 0.1) is 4.92 Å². The zero-order valence-electron chi connectivity index (χ0n) is 23.0. The SMILES string of the molecule is O=C(Nc1ccc(F)cc1)N1CCN(c2cccc(O[C@H]3CC[C@H](Nc4ccc([N+](=O)[O-])c(C(F)(F)F)c4)CC3)n2)CC1. The summed E-state index contributed by atoms with van der Waals surface area (Å²) in [5.74, 6) is 0.821. The monoisotopic (exact) mass is 602 g/mol. The van der Waals surface area contributed by atoms with Gasteiger partial charge in [0, 0.05) is 55.7 Å². The second-order valence-electron chi connectivity index (χ2n) is 10.5. The van der Waals surface area contributed by atoms with Crippen LogP contribution >= 0.6 is 0 Å². The van der Waals surface area contributed by atoms with E-state index in [1.807, 2.05) is 12.1 Å². The number of rotatable bonds is 7. The third-order valence-electron chi connectivity index (χ3n) is 7.53. The number of hydrogen-bond acceptors (Lipinski definition) is 7. The number of amides is 2. The standard InChI is InChI=1S/C29H30F4N6O4/c30-19-4-6-21(7-5-19)35-28(40)38-16-14-37(15-17-38)26-2-1-3-27(36-26)43-23-11-8-20(9-12-23)34-22-10-13-25(39(41)42)24(18-22)29(31,32)33/h1-7,10,13,18,20,23,34H,8-9,11-12,14-17H2,(H,35,40)/t20-,23-. The summed E-state index contributed by atoms with van der Waals surface area (Å²) in [6.45, 7) is 2.11. The predicted octanol–water partition coefficient (Wildman–Crippen LogP) is 6.30. The summed E-state index contributed by atoms with van der Waals surface area (Å²) in [6, 6.07) is 13.7. The van der Waals surface area contributed by atoms with Crippen molar-refractivity contribution in [3.05, 3.63) is 82.2 Å². The van der Waals surface area contributed by atoms with E-state index < -0.39 is 22.4 Å². The quantitative estimate of drug-likeness (QED) is 0.185. The number of ether oxygens (including phenoxy) is 1. The molecule has 228 valence electrons. The van der Waals surface area contributed by atoms with Crippen LogP contribution in [0, 0.1) is 15.9 Å². The number of carbonyl (C=O) groups excluding carboxylic acids is 1. The third kappa shape index (κ3) is 7.62. The van der Waals surface area contributed by atoms with Crippen molar-refractivity contribution in [3.8, 4) is 5.88 Å². The minimum atomic E-state index is -4.83. The maximum Gasteiger partial charge on any atom is 0.423 e. The number of alkyl halides is 3. The van der Waals surface area contributed by atoms with Crippen molar-refractivity contribution in [3.63, 3.8) is 0 Å². The molecular formula is C29H30F4N6O4. The van der Waals surface area contributed by atoms with E-state index in [4.69, 9.17) is 4.74 Å². The van der Waals surface area contributed by atoms with Gasteiger partial charge in [-0.05, 0) is 68.1 Å². The van der Waals surface area contributed by atoms with Crippen LogP contribution in [0.1, 0.15) is 31.2 Å². The highest BCUT2D eigenvalue weighted by Gasteiger charge is 2.38. The van der Waals surface area contributed by atoms with Crippen molar-refractivity contribution in [2.75, 3.05) is 41.7 Å². The minimum Gasteiger partial charge on any atom is -0.474 e. The van der Waals surface area contributed by atoms with Crippen LogP contribution in [0.2, 0.25) is 0 Å². The van der Waals surface area contributed by atoms with Crippen molar-refractivity contribution in [2.45, 2.75) is 44.0 Å². The molecule has 2 amide bonds. The van der Waals surface area contributed by atoms with Gasteiger partial charge >= 0.3 is 12.2 Å². The van der Waals surface area contributed by atoms with Crippen LogP contribution in [0.4, 0.5) is 45.2 Å². The van der Waals surface area contributed by atoms with Crippen molar-refractivity contribution in [1.82, 2.24) is 9.88 Å². The van der Waals surface area contributed by atoms with Crippen molar-refractivity contribution < 1.29 is 32.0 Å². The topological polar surface area (TPSA) is 113 Å². The van der Waals surface area contributed by atoms with E-state index in [9.17, 15) is 32.5 Å². The van der Waals surface area contributed by atoms with E-state index in [1.54, 1.807) is 11.0 Å². The molecule has 3 aromatic rings. The van der Waals surface area contributed by atoms with Crippen LogP contribution in [0.15, 0.2) is 60.7 Å². The first-order chi connectivity index (χ1) is 20.5. The maximum atomic E-state index is 13.3. The maximum absolute atomic E-state index is 13.3. The summed E-state index contributed by atoms with van der Waals surface area (Å²) >= 11 is 0. The Bertz CT molecular complexity index is 1440. The van der Waals surface area contributed by atoms with Gasteiger partial charge in [-0.25, -0.2) is 9.18 Å². The number of nitrogens with one attached hydrogen (secondary N) is 2. The summed E-state index contributed by atoms with van der Waals surface area (Å²) in [5, 5.41) is 16.9. The number of pyridine rings is 1. The van der Waals surface area contributed by atoms with Crippen molar-refractivity contribution >= 4 is 28.9 Å². The van der Waals surface area contributed by atoms with Gasteiger partial charge in [-0.3, -0.25) is 10.1 Å². The molecule has 0 bridgehead atoms. The normalized spacial score (nSPS) is 19.1. The average Bonchev–Trinajstić information content (AvgIpc) is 2.99. The zero-order chi connectivity index (χ0) is 30.6. The summed E-state index contributed by atoms with van der Waals surface area (Å²) in [4.78, 5) is 31.0. The Labute approximate surface area is 244 Å². The van der Waals surface area contributed by atoms with E-state index in [0.29, 0.717) is 63.4 Å². The first-order valence-corrected chi connectivity index (χ1v) is 13.9. The Morgan fingerprint density at radius 1 is 0.953 bits per heavy atom. The second kappa shape index (κ2) is 12.7.